The van der Waals surface area contributed by atoms with Crippen LogP contribution in [0.1, 0.15) is 58.4 Å². The molecule has 0 saturated heterocycles. The van der Waals surface area contributed by atoms with Gasteiger partial charge >= 0.3 is 0 Å². The summed E-state index contributed by atoms with van der Waals surface area (Å²) >= 11 is 0. The Morgan fingerprint density at radius 3 is 2.48 bits per heavy atom. The van der Waals surface area contributed by atoms with Crippen LogP contribution in [0.3, 0.4) is 0 Å². The number of methoxy groups -OCH3 is 1. The Hall–Kier alpha value is -1.62. The first kappa shape index (κ1) is 20.1. The average Bonchev–Trinajstić information content (AvgIpc) is 3.11. The van der Waals surface area contributed by atoms with Crippen molar-refractivity contribution in [2.75, 3.05) is 12.9 Å². The van der Waals surface area contributed by atoms with E-state index in [2.05, 4.69) is 12.1 Å². The summed E-state index contributed by atoms with van der Waals surface area (Å²) in [6.45, 7) is 5.40. The van der Waals surface area contributed by atoms with Crippen LogP contribution in [0, 0.1) is 11.8 Å². The van der Waals surface area contributed by atoms with Crippen LogP contribution in [0.15, 0.2) is 35.3 Å². The van der Waals surface area contributed by atoms with E-state index in [1.54, 1.807) is 27.9 Å². The molecule has 27 heavy (non-hydrogen) atoms. The van der Waals surface area contributed by atoms with Gasteiger partial charge in [-0.15, -0.1) is 0 Å². The summed E-state index contributed by atoms with van der Waals surface area (Å²) in [5.41, 5.74) is 3.38. The molecule has 1 saturated carbocycles. The number of allylic oxidation sites excluding steroid dienone is 1. The normalized spacial score (nSPS) is 23.7. The summed E-state index contributed by atoms with van der Waals surface area (Å²) in [5.74, 6) is 1.94. The maximum absolute atomic E-state index is 12.5. The molecule has 1 aromatic carbocycles. The van der Waals surface area contributed by atoms with Crippen molar-refractivity contribution < 1.29 is 13.2 Å². The summed E-state index contributed by atoms with van der Waals surface area (Å²) in [7, 11) is -1.36. The first-order chi connectivity index (χ1) is 12.7. The van der Waals surface area contributed by atoms with Crippen molar-refractivity contribution in [3.63, 3.8) is 0 Å². The highest BCUT2D eigenvalue weighted by Crippen LogP contribution is 2.36. The minimum absolute atomic E-state index is 0.290. The van der Waals surface area contributed by atoms with Gasteiger partial charge in [-0.2, -0.15) is 0 Å². The average molecular weight is 390 g/mol. The standard InChI is InChI=1S/C22H31NO3S/c1-22(2,3)27(24,25)15-16-8-10-17(11-9-16)20-12-13-21(23-20)18-6-5-7-19(14-18)26-4/h5-7,13-14,16-17H,8-12,15H2,1-4H3. The molecule has 0 atom stereocenters. The smallest absolute Gasteiger partial charge is 0.155 e. The van der Waals surface area contributed by atoms with Crippen molar-refractivity contribution in [1.29, 1.82) is 0 Å². The topological polar surface area (TPSA) is 55.7 Å². The Morgan fingerprint density at radius 2 is 1.85 bits per heavy atom. The van der Waals surface area contributed by atoms with E-state index in [1.807, 2.05) is 18.2 Å². The summed E-state index contributed by atoms with van der Waals surface area (Å²) < 4.78 is 29.6. The zero-order valence-electron chi connectivity index (χ0n) is 16.9. The molecular formula is C22H31NO3S. The highest BCUT2D eigenvalue weighted by molar-refractivity contribution is 7.92. The number of rotatable bonds is 5. The number of benzene rings is 1. The predicted octanol–water partition coefficient (Wildman–Crippen LogP) is 4.90. The van der Waals surface area contributed by atoms with E-state index < -0.39 is 14.6 Å². The first-order valence-electron chi connectivity index (χ1n) is 9.84. The van der Waals surface area contributed by atoms with Gasteiger partial charge in [-0.1, -0.05) is 18.2 Å². The number of ether oxygens (including phenoxy) is 1. The fourth-order valence-electron chi connectivity index (χ4n) is 3.89. The first-order valence-corrected chi connectivity index (χ1v) is 11.5. The van der Waals surface area contributed by atoms with Crippen LogP contribution in [0.5, 0.6) is 5.75 Å². The number of hydrogen-bond donors (Lipinski definition) is 0. The van der Waals surface area contributed by atoms with Crippen molar-refractivity contribution in [2.24, 2.45) is 16.8 Å². The SMILES string of the molecule is COc1cccc(C2=CCC(C3CCC(CS(=O)(=O)C(C)(C)C)CC3)=N2)c1. The lowest BCUT2D eigenvalue weighted by Crippen LogP contribution is -2.34. The number of hydrogen-bond acceptors (Lipinski definition) is 4. The Labute approximate surface area is 163 Å². The van der Waals surface area contributed by atoms with E-state index in [0.29, 0.717) is 17.6 Å². The van der Waals surface area contributed by atoms with Crippen LogP contribution in [-0.2, 0) is 9.84 Å². The molecule has 1 heterocycles. The van der Waals surface area contributed by atoms with Crippen LogP contribution in [-0.4, -0.2) is 31.7 Å². The van der Waals surface area contributed by atoms with Gasteiger partial charge in [0.2, 0.25) is 0 Å². The molecule has 148 valence electrons. The molecule has 0 unspecified atom stereocenters. The Kier molecular flexibility index (Phi) is 5.80. The second-order valence-corrected chi connectivity index (χ2v) is 11.5. The van der Waals surface area contributed by atoms with Gasteiger partial charge in [-0.3, -0.25) is 4.99 Å². The third-order valence-corrected chi connectivity index (χ3v) is 8.62. The summed E-state index contributed by atoms with van der Waals surface area (Å²) in [5, 5.41) is 0. The summed E-state index contributed by atoms with van der Waals surface area (Å²) in [4.78, 5) is 4.90. The van der Waals surface area contributed by atoms with Crippen LogP contribution >= 0.6 is 0 Å². The predicted molar refractivity (Wildman–Crippen MR) is 112 cm³/mol. The fraction of sp³-hybridized carbons (Fsp3) is 0.591. The number of sulfone groups is 1. The van der Waals surface area contributed by atoms with Gasteiger partial charge in [0.15, 0.2) is 9.84 Å². The molecule has 0 radical (unpaired) electrons. The Morgan fingerprint density at radius 1 is 1.15 bits per heavy atom. The summed E-state index contributed by atoms with van der Waals surface area (Å²) in [6, 6.07) is 8.02. The van der Waals surface area contributed by atoms with Gasteiger partial charge in [0.05, 0.1) is 23.3 Å². The van der Waals surface area contributed by atoms with Gasteiger partial charge in [-0.25, -0.2) is 8.42 Å². The Balaban J connectivity index is 1.59. The molecule has 4 nitrogen and oxygen atoms in total. The van der Waals surface area contributed by atoms with E-state index in [1.165, 1.54) is 5.71 Å². The monoisotopic (exact) mass is 389 g/mol. The molecule has 0 N–H and O–H groups in total. The largest absolute Gasteiger partial charge is 0.497 e. The quantitative estimate of drug-likeness (QED) is 0.720. The van der Waals surface area contributed by atoms with Gasteiger partial charge in [0.25, 0.3) is 0 Å². The van der Waals surface area contributed by atoms with E-state index in [-0.39, 0.29) is 0 Å². The minimum atomic E-state index is -3.04. The Bertz CT molecular complexity index is 839. The lowest BCUT2D eigenvalue weighted by Gasteiger charge is -2.30. The van der Waals surface area contributed by atoms with Crippen LogP contribution in [0.4, 0.5) is 0 Å². The van der Waals surface area contributed by atoms with Crippen molar-refractivity contribution in [2.45, 2.75) is 57.6 Å². The molecule has 0 bridgehead atoms. The van der Waals surface area contributed by atoms with Crippen LogP contribution in [0.2, 0.25) is 0 Å². The number of aliphatic imine (C=N–C) groups is 1. The maximum atomic E-state index is 12.5. The molecule has 1 aromatic rings. The van der Waals surface area contributed by atoms with E-state index in [4.69, 9.17) is 9.73 Å². The molecular weight excluding hydrogens is 358 g/mol. The second kappa shape index (κ2) is 7.78. The van der Waals surface area contributed by atoms with Gasteiger partial charge in [0.1, 0.15) is 5.75 Å². The highest BCUT2D eigenvalue weighted by Gasteiger charge is 2.34. The molecule has 1 fully saturated rings. The van der Waals surface area contributed by atoms with Crippen molar-refractivity contribution >= 4 is 21.2 Å². The maximum Gasteiger partial charge on any atom is 0.155 e. The van der Waals surface area contributed by atoms with Crippen molar-refractivity contribution in [3.8, 4) is 5.75 Å². The fourth-order valence-corrected chi connectivity index (χ4v) is 5.35. The zero-order chi connectivity index (χ0) is 19.7. The van der Waals surface area contributed by atoms with Crippen molar-refractivity contribution in [1.82, 2.24) is 0 Å². The van der Waals surface area contributed by atoms with Crippen LogP contribution in [0.25, 0.3) is 5.70 Å². The number of nitrogens with zero attached hydrogens (tertiary/aromatic N) is 1. The third-order valence-electron chi connectivity index (χ3n) is 5.84. The van der Waals surface area contributed by atoms with Gasteiger partial charge in [-0.05, 0) is 70.4 Å². The molecule has 2 aliphatic rings. The zero-order valence-corrected chi connectivity index (χ0v) is 17.7. The summed E-state index contributed by atoms with van der Waals surface area (Å²) in [6.07, 6.45) is 7.15. The van der Waals surface area contributed by atoms with E-state index >= 15 is 0 Å². The molecule has 0 amide bonds. The van der Waals surface area contributed by atoms with E-state index in [9.17, 15) is 8.42 Å². The third kappa shape index (κ3) is 4.63. The van der Waals surface area contributed by atoms with Gasteiger partial charge in [0, 0.05) is 17.7 Å². The van der Waals surface area contributed by atoms with E-state index in [0.717, 1.165) is 49.1 Å². The molecule has 5 heteroatoms. The van der Waals surface area contributed by atoms with Crippen LogP contribution < -0.4 is 4.74 Å². The molecule has 0 aromatic heterocycles. The molecule has 0 spiro atoms. The molecule has 1 aliphatic carbocycles. The minimum Gasteiger partial charge on any atom is -0.497 e. The molecule has 3 rings (SSSR count). The lowest BCUT2D eigenvalue weighted by atomic mass is 9.80. The second-order valence-electron chi connectivity index (χ2n) is 8.74. The van der Waals surface area contributed by atoms with Gasteiger partial charge < -0.3 is 4.74 Å². The molecule has 1 aliphatic heterocycles. The lowest BCUT2D eigenvalue weighted by molar-refractivity contribution is 0.342. The van der Waals surface area contributed by atoms with Crippen molar-refractivity contribution in [3.05, 3.63) is 35.9 Å². The highest BCUT2D eigenvalue weighted by atomic mass is 32.2.